The van der Waals surface area contributed by atoms with Gasteiger partial charge in [0.1, 0.15) is 11.2 Å². The Bertz CT molecular complexity index is 2990. The van der Waals surface area contributed by atoms with Gasteiger partial charge < -0.3 is 13.9 Å². The molecule has 3 nitrogen and oxygen atoms in total. The van der Waals surface area contributed by atoms with E-state index in [1.807, 2.05) is 12.1 Å². The highest BCUT2D eigenvalue weighted by molar-refractivity contribution is 6.10. The zero-order valence-corrected chi connectivity index (χ0v) is 28.3. The Morgan fingerprint density at radius 3 is 1.96 bits per heavy atom. The van der Waals surface area contributed by atoms with Crippen LogP contribution in [0.15, 0.2) is 186 Å². The van der Waals surface area contributed by atoms with E-state index in [4.69, 9.17) is 4.42 Å². The third-order valence-corrected chi connectivity index (χ3v) is 10.8. The molecule has 8 aromatic carbocycles. The molecule has 0 bridgehead atoms. The van der Waals surface area contributed by atoms with Gasteiger partial charge in [-0.1, -0.05) is 103 Å². The van der Waals surface area contributed by atoms with E-state index in [9.17, 15) is 0 Å². The van der Waals surface area contributed by atoms with Crippen LogP contribution in [0.2, 0.25) is 0 Å². The summed E-state index contributed by atoms with van der Waals surface area (Å²) < 4.78 is 8.74. The molecule has 3 heteroatoms. The summed E-state index contributed by atoms with van der Waals surface area (Å²) in [4.78, 5) is 2.36. The lowest BCUT2D eigenvalue weighted by molar-refractivity contribution is 0.669. The van der Waals surface area contributed by atoms with Gasteiger partial charge in [0.05, 0.1) is 11.0 Å². The van der Waals surface area contributed by atoms with E-state index in [1.165, 1.54) is 60.9 Å². The number of anilines is 3. The predicted molar refractivity (Wildman–Crippen MR) is 216 cm³/mol. The molecule has 2 heterocycles. The summed E-state index contributed by atoms with van der Waals surface area (Å²) >= 11 is 0. The third-order valence-electron chi connectivity index (χ3n) is 10.8. The van der Waals surface area contributed by atoms with E-state index < -0.39 is 0 Å². The molecule has 2 aromatic heterocycles. The maximum atomic E-state index is 6.38. The molecule has 11 rings (SSSR count). The van der Waals surface area contributed by atoms with Crippen molar-refractivity contribution >= 4 is 60.8 Å². The number of nitrogens with zero attached hydrogens (tertiary/aromatic N) is 2. The second-order valence-corrected chi connectivity index (χ2v) is 13.8. The average molecular weight is 665 g/mol. The van der Waals surface area contributed by atoms with Crippen molar-refractivity contribution in [3.05, 3.63) is 193 Å². The third kappa shape index (κ3) is 4.46. The topological polar surface area (TPSA) is 21.3 Å². The Kier molecular flexibility index (Phi) is 6.31. The smallest absolute Gasteiger partial charge is 0.137 e. The molecule has 0 fully saturated rings. The average Bonchev–Trinajstić information content (AvgIpc) is 3.87. The second-order valence-electron chi connectivity index (χ2n) is 13.8. The highest BCUT2D eigenvalue weighted by atomic mass is 16.3. The molecule has 0 atom stereocenters. The summed E-state index contributed by atoms with van der Waals surface area (Å²) in [5.41, 5.74) is 16.4. The van der Waals surface area contributed by atoms with E-state index in [-0.39, 0.29) is 0 Å². The number of benzene rings is 8. The summed E-state index contributed by atoms with van der Waals surface area (Å²) in [6, 6.07) is 65.7. The minimum atomic E-state index is 0.886. The van der Waals surface area contributed by atoms with Crippen LogP contribution in [0.3, 0.4) is 0 Å². The second kappa shape index (κ2) is 11.3. The number of rotatable bonds is 5. The van der Waals surface area contributed by atoms with Gasteiger partial charge in [-0.3, -0.25) is 0 Å². The van der Waals surface area contributed by atoms with E-state index >= 15 is 0 Å². The van der Waals surface area contributed by atoms with Gasteiger partial charge in [-0.25, -0.2) is 0 Å². The highest BCUT2D eigenvalue weighted by Crippen LogP contribution is 2.44. The largest absolute Gasteiger partial charge is 0.456 e. The predicted octanol–water partition coefficient (Wildman–Crippen LogP) is 13.4. The van der Waals surface area contributed by atoms with Gasteiger partial charge in [0.2, 0.25) is 0 Å². The molecule has 0 unspecified atom stereocenters. The van der Waals surface area contributed by atoms with Crippen molar-refractivity contribution in [3.8, 4) is 27.9 Å². The first kappa shape index (κ1) is 28.9. The van der Waals surface area contributed by atoms with E-state index in [1.54, 1.807) is 0 Å². The molecule has 244 valence electrons. The van der Waals surface area contributed by atoms with Crippen LogP contribution < -0.4 is 4.90 Å². The van der Waals surface area contributed by atoms with Gasteiger partial charge in [0.25, 0.3) is 0 Å². The normalized spacial score (nSPS) is 12.2. The zero-order valence-electron chi connectivity index (χ0n) is 28.3. The molecular weight excluding hydrogens is 633 g/mol. The van der Waals surface area contributed by atoms with Crippen molar-refractivity contribution in [1.82, 2.24) is 4.57 Å². The number of fused-ring (bicyclic) bond motifs is 9. The molecule has 0 spiro atoms. The summed E-state index contributed by atoms with van der Waals surface area (Å²) in [6.07, 6.45) is 0.942. The first-order valence-electron chi connectivity index (χ1n) is 17.9. The Hall–Kier alpha value is -6.84. The number of aromatic nitrogens is 1. The Morgan fingerprint density at radius 1 is 0.404 bits per heavy atom. The number of hydrogen-bond acceptors (Lipinski definition) is 2. The lowest BCUT2D eigenvalue weighted by Gasteiger charge is -2.26. The van der Waals surface area contributed by atoms with Crippen LogP contribution in [0, 0.1) is 0 Å². The number of furan rings is 1. The minimum absolute atomic E-state index is 0.886. The van der Waals surface area contributed by atoms with Crippen molar-refractivity contribution in [2.45, 2.75) is 6.42 Å². The Morgan fingerprint density at radius 2 is 1.06 bits per heavy atom. The summed E-state index contributed by atoms with van der Waals surface area (Å²) in [5.74, 6) is 0. The van der Waals surface area contributed by atoms with E-state index in [0.717, 1.165) is 45.4 Å². The highest BCUT2D eigenvalue weighted by Gasteiger charge is 2.22. The molecule has 0 N–H and O–H groups in total. The maximum absolute atomic E-state index is 6.38. The molecule has 1 aliphatic rings. The summed E-state index contributed by atoms with van der Waals surface area (Å²) in [6.45, 7) is 0. The van der Waals surface area contributed by atoms with E-state index in [0.29, 0.717) is 0 Å². The van der Waals surface area contributed by atoms with Crippen LogP contribution in [-0.2, 0) is 6.42 Å². The lowest BCUT2D eigenvalue weighted by Crippen LogP contribution is -2.10. The van der Waals surface area contributed by atoms with Crippen LogP contribution in [-0.4, -0.2) is 4.57 Å². The lowest BCUT2D eigenvalue weighted by atomic mass is 10.0. The zero-order chi connectivity index (χ0) is 34.2. The van der Waals surface area contributed by atoms with Gasteiger partial charge in [0.15, 0.2) is 0 Å². The first-order valence-corrected chi connectivity index (χ1v) is 17.9. The van der Waals surface area contributed by atoms with Crippen LogP contribution in [0.1, 0.15) is 11.1 Å². The molecule has 10 aromatic rings. The molecule has 0 aliphatic heterocycles. The number of hydrogen-bond donors (Lipinski definition) is 0. The van der Waals surface area contributed by atoms with Crippen molar-refractivity contribution in [1.29, 1.82) is 0 Å². The fourth-order valence-electron chi connectivity index (χ4n) is 8.38. The molecule has 0 amide bonds. The van der Waals surface area contributed by atoms with Crippen molar-refractivity contribution in [2.24, 2.45) is 0 Å². The molecule has 0 saturated carbocycles. The Labute approximate surface area is 301 Å². The molecule has 0 saturated heterocycles. The van der Waals surface area contributed by atoms with Gasteiger partial charge in [0, 0.05) is 50.4 Å². The number of para-hydroxylation sites is 3. The van der Waals surface area contributed by atoms with Gasteiger partial charge in [-0.2, -0.15) is 0 Å². The maximum Gasteiger partial charge on any atom is 0.137 e. The van der Waals surface area contributed by atoms with Crippen LogP contribution in [0.25, 0.3) is 71.7 Å². The fourth-order valence-corrected chi connectivity index (χ4v) is 8.38. The molecule has 0 radical (unpaired) electrons. The van der Waals surface area contributed by atoms with Crippen molar-refractivity contribution < 1.29 is 4.42 Å². The van der Waals surface area contributed by atoms with E-state index in [2.05, 4.69) is 179 Å². The van der Waals surface area contributed by atoms with Crippen LogP contribution >= 0.6 is 0 Å². The summed E-state index contributed by atoms with van der Waals surface area (Å²) in [7, 11) is 0. The standard InChI is InChI=1S/C49H32N2O/c1-2-11-36(12-3-1)51-46-16-8-6-14-42(46)45-30-33(20-27-47(45)51)32-18-21-37(22-19-32)50(38-23-25-41-35(29-38)28-34-10-4-5-13-40(34)41)39-24-26-44-43-15-7-9-17-48(43)52-49(44)31-39/h1-27,29-31H,28H2. The summed E-state index contributed by atoms with van der Waals surface area (Å²) in [5, 5.41) is 4.77. The SMILES string of the molecule is c1ccc(-n2c3ccccc3c3cc(-c4ccc(N(c5ccc6c(c5)Cc5ccccc5-6)c5ccc6c(c5)oc5ccccc56)cc4)ccc32)cc1. The molecular formula is C49H32N2O. The van der Waals surface area contributed by atoms with Gasteiger partial charge in [-0.15, -0.1) is 0 Å². The molecule has 1 aliphatic carbocycles. The van der Waals surface area contributed by atoms with Crippen molar-refractivity contribution in [3.63, 3.8) is 0 Å². The van der Waals surface area contributed by atoms with Crippen molar-refractivity contribution in [2.75, 3.05) is 4.90 Å². The Balaban J connectivity index is 1.03. The molecule has 52 heavy (non-hydrogen) atoms. The van der Waals surface area contributed by atoms with Gasteiger partial charge in [-0.05, 0) is 113 Å². The minimum Gasteiger partial charge on any atom is -0.456 e. The monoisotopic (exact) mass is 664 g/mol. The van der Waals surface area contributed by atoms with Crippen LogP contribution in [0.4, 0.5) is 17.1 Å². The fraction of sp³-hybridized carbons (Fsp3) is 0.0204. The first-order chi connectivity index (χ1) is 25.8. The van der Waals surface area contributed by atoms with Gasteiger partial charge >= 0.3 is 0 Å². The van der Waals surface area contributed by atoms with Crippen LogP contribution in [0.5, 0.6) is 0 Å². The quantitative estimate of drug-likeness (QED) is 0.183.